The molecule has 2 nitrogen and oxygen atoms in total. The van der Waals surface area contributed by atoms with Crippen LogP contribution in [-0.4, -0.2) is 19.8 Å². The second-order valence-electron chi connectivity index (χ2n) is 4.13. The van der Waals surface area contributed by atoms with Crippen molar-refractivity contribution in [3.8, 4) is 5.75 Å². The highest BCUT2D eigenvalue weighted by Crippen LogP contribution is 2.23. The monoisotopic (exact) mass is 239 g/mol. The van der Waals surface area contributed by atoms with Gasteiger partial charge in [0.25, 0.3) is 0 Å². The third-order valence-electron chi connectivity index (χ3n) is 2.56. The van der Waals surface area contributed by atoms with E-state index in [-0.39, 0.29) is 6.67 Å². The lowest BCUT2D eigenvalue weighted by atomic mass is 10.1. The number of para-hydroxylation sites is 1. The molecule has 0 radical (unpaired) electrons. The number of nitrogens with one attached hydrogen (secondary N) is 1. The van der Waals surface area contributed by atoms with Crippen LogP contribution in [0.2, 0.25) is 0 Å². The van der Waals surface area contributed by atoms with E-state index in [4.69, 9.17) is 4.74 Å². The van der Waals surface area contributed by atoms with Gasteiger partial charge >= 0.3 is 0 Å². The zero-order valence-corrected chi connectivity index (χ0v) is 10.8. The Bertz CT molecular complexity index is 328. The second kappa shape index (κ2) is 8.07. The van der Waals surface area contributed by atoms with Gasteiger partial charge < -0.3 is 10.1 Å². The first kappa shape index (κ1) is 14.0. The van der Waals surface area contributed by atoms with Crippen LogP contribution in [0.15, 0.2) is 18.2 Å². The summed E-state index contributed by atoms with van der Waals surface area (Å²) in [7, 11) is 0. The molecule has 3 heteroatoms. The van der Waals surface area contributed by atoms with Gasteiger partial charge in [-0.25, -0.2) is 0 Å². The van der Waals surface area contributed by atoms with Gasteiger partial charge in [-0.2, -0.15) is 0 Å². The lowest BCUT2D eigenvalue weighted by molar-refractivity contribution is 0.285. The summed E-state index contributed by atoms with van der Waals surface area (Å²) in [6.07, 6.45) is 1.57. The highest BCUT2D eigenvalue weighted by molar-refractivity contribution is 5.40. The molecule has 0 heterocycles. The topological polar surface area (TPSA) is 21.3 Å². The van der Waals surface area contributed by atoms with Crippen molar-refractivity contribution in [1.82, 2.24) is 5.32 Å². The van der Waals surface area contributed by atoms with Crippen molar-refractivity contribution in [2.45, 2.75) is 33.2 Å². The molecule has 0 spiro atoms. The Labute approximate surface area is 103 Å². The Morgan fingerprint density at radius 3 is 2.88 bits per heavy atom. The lowest BCUT2D eigenvalue weighted by Crippen LogP contribution is -2.15. The molecule has 0 atom stereocenters. The average molecular weight is 239 g/mol. The molecule has 17 heavy (non-hydrogen) atoms. The zero-order chi connectivity index (χ0) is 12.5. The van der Waals surface area contributed by atoms with Crippen molar-refractivity contribution in [3.05, 3.63) is 29.3 Å². The van der Waals surface area contributed by atoms with E-state index in [0.717, 1.165) is 36.4 Å². The SMILES string of the molecule is CCCNCc1cccc(C)c1OCCCF. The van der Waals surface area contributed by atoms with Crippen molar-refractivity contribution in [2.75, 3.05) is 19.8 Å². The summed E-state index contributed by atoms with van der Waals surface area (Å²) in [6, 6.07) is 6.11. The van der Waals surface area contributed by atoms with Crippen LogP contribution < -0.4 is 10.1 Å². The summed E-state index contributed by atoms with van der Waals surface area (Å²) in [5, 5.41) is 3.36. The van der Waals surface area contributed by atoms with Crippen molar-refractivity contribution in [1.29, 1.82) is 0 Å². The Balaban J connectivity index is 2.63. The quantitative estimate of drug-likeness (QED) is 0.703. The highest BCUT2D eigenvalue weighted by atomic mass is 19.1. The van der Waals surface area contributed by atoms with E-state index < -0.39 is 0 Å². The first-order valence-electron chi connectivity index (χ1n) is 6.27. The fourth-order valence-electron chi connectivity index (χ4n) is 1.69. The van der Waals surface area contributed by atoms with E-state index in [1.807, 2.05) is 19.1 Å². The maximum absolute atomic E-state index is 12.1. The number of aryl methyl sites for hydroxylation is 1. The van der Waals surface area contributed by atoms with E-state index in [1.165, 1.54) is 0 Å². The van der Waals surface area contributed by atoms with E-state index in [2.05, 4.69) is 18.3 Å². The minimum atomic E-state index is -0.324. The normalized spacial score (nSPS) is 10.5. The van der Waals surface area contributed by atoms with Crippen molar-refractivity contribution < 1.29 is 9.13 Å². The maximum atomic E-state index is 12.1. The molecule has 0 unspecified atom stereocenters. The number of benzene rings is 1. The average Bonchev–Trinajstić information content (AvgIpc) is 2.33. The van der Waals surface area contributed by atoms with E-state index in [1.54, 1.807) is 0 Å². The second-order valence-corrected chi connectivity index (χ2v) is 4.13. The standard InChI is InChI=1S/C14H22FNO/c1-3-9-16-11-13-7-4-6-12(2)14(13)17-10-5-8-15/h4,6-7,16H,3,5,8-11H2,1-2H3. The van der Waals surface area contributed by atoms with Crippen molar-refractivity contribution in [2.24, 2.45) is 0 Å². The predicted octanol–water partition coefficient (Wildman–Crippen LogP) is 3.23. The number of halogens is 1. The van der Waals surface area contributed by atoms with Crippen molar-refractivity contribution >= 4 is 0 Å². The molecule has 96 valence electrons. The van der Waals surface area contributed by atoms with Crippen LogP contribution in [0.4, 0.5) is 4.39 Å². The van der Waals surface area contributed by atoms with Gasteiger partial charge in [0, 0.05) is 18.5 Å². The van der Waals surface area contributed by atoms with Gasteiger partial charge in [-0.1, -0.05) is 25.1 Å². The molecule has 1 aromatic rings. The van der Waals surface area contributed by atoms with Gasteiger partial charge in [-0.3, -0.25) is 4.39 Å². The smallest absolute Gasteiger partial charge is 0.126 e. The summed E-state index contributed by atoms with van der Waals surface area (Å²) < 4.78 is 17.7. The van der Waals surface area contributed by atoms with Crippen molar-refractivity contribution in [3.63, 3.8) is 0 Å². The fraction of sp³-hybridized carbons (Fsp3) is 0.571. The van der Waals surface area contributed by atoms with Crippen LogP contribution in [0.1, 0.15) is 30.9 Å². The van der Waals surface area contributed by atoms with Crippen LogP contribution >= 0.6 is 0 Å². The van der Waals surface area contributed by atoms with Gasteiger partial charge in [0.2, 0.25) is 0 Å². The number of rotatable bonds is 8. The molecule has 0 saturated carbocycles. The lowest BCUT2D eigenvalue weighted by Gasteiger charge is -2.14. The third-order valence-corrected chi connectivity index (χ3v) is 2.56. The third kappa shape index (κ3) is 4.73. The first-order chi connectivity index (χ1) is 8.29. The van der Waals surface area contributed by atoms with Crippen LogP contribution in [0.3, 0.4) is 0 Å². The summed E-state index contributed by atoms with van der Waals surface area (Å²) in [4.78, 5) is 0. The van der Waals surface area contributed by atoms with Crippen LogP contribution in [0, 0.1) is 6.92 Å². The molecular weight excluding hydrogens is 217 g/mol. The number of hydrogen-bond acceptors (Lipinski definition) is 2. The van der Waals surface area contributed by atoms with Gasteiger partial charge in [0.05, 0.1) is 13.3 Å². The number of hydrogen-bond donors (Lipinski definition) is 1. The van der Waals surface area contributed by atoms with Gasteiger partial charge in [0.15, 0.2) is 0 Å². The highest BCUT2D eigenvalue weighted by Gasteiger charge is 2.06. The molecule has 0 aliphatic heterocycles. The Kier molecular flexibility index (Phi) is 6.63. The summed E-state index contributed by atoms with van der Waals surface area (Å²) in [5.41, 5.74) is 2.26. The summed E-state index contributed by atoms with van der Waals surface area (Å²) >= 11 is 0. The van der Waals surface area contributed by atoms with Crippen LogP contribution in [0.5, 0.6) is 5.75 Å². The first-order valence-corrected chi connectivity index (χ1v) is 6.27. The molecule has 0 fully saturated rings. The Hall–Kier alpha value is -1.09. The Morgan fingerprint density at radius 1 is 1.35 bits per heavy atom. The molecule has 0 amide bonds. The molecular formula is C14H22FNO. The minimum Gasteiger partial charge on any atom is -0.493 e. The molecule has 1 N–H and O–H groups in total. The molecule has 0 aliphatic rings. The molecule has 0 aromatic heterocycles. The largest absolute Gasteiger partial charge is 0.493 e. The van der Waals surface area contributed by atoms with Gasteiger partial charge in [0.1, 0.15) is 5.75 Å². The molecule has 1 aromatic carbocycles. The zero-order valence-electron chi connectivity index (χ0n) is 10.8. The minimum absolute atomic E-state index is 0.324. The Morgan fingerprint density at radius 2 is 2.18 bits per heavy atom. The molecule has 0 bridgehead atoms. The molecule has 1 rings (SSSR count). The summed E-state index contributed by atoms with van der Waals surface area (Å²) in [5.74, 6) is 0.907. The molecule has 0 saturated heterocycles. The number of alkyl halides is 1. The molecule has 0 aliphatic carbocycles. The maximum Gasteiger partial charge on any atom is 0.126 e. The van der Waals surface area contributed by atoms with Crippen LogP contribution in [-0.2, 0) is 6.54 Å². The van der Waals surface area contributed by atoms with E-state index in [9.17, 15) is 4.39 Å². The fourth-order valence-corrected chi connectivity index (χ4v) is 1.69. The summed E-state index contributed by atoms with van der Waals surface area (Å²) in [6.45, 7) is 6.09. The predicted molar refractivity (Wildman–Crippen MR) is 69.3 cm³/mol. The van der Waals surface area contributed by atoms with Gasteiger partial charge in [-0.05, 0) is 25.5 Å². The number of ether oxygens (including phenoxy) is 1. The van der Waals surface area contributed by atoms with Gasteiger partial charge in [-0.15, -0.1) is 0 Å². The van der Waals surface area contributed by atoms with Crippen LogP contribution in [0.25, 0.3) is 0 Å². The van der Waals surface area contributed by atoms with E-state index >= 15 is 0 Å². The van der Waals surface area contributed by atoms with E-state index in [0.29, 0.717) is 13.0 Å².